The Labute approximate surface area is 175 Å². The normalized spacial score (nSPS) is 14.9. The highest BCUT2D eigenvalue weighted by Gasteiger charge is 2.19. The lowest BCUT2D eigenvalue weighted by atomic mass is 9.95. The number of urea groups is 1. The number of benzene rings is 2. The quantitative estimate of drug-likeness (QED) is 0.588. The van der Waals surface area contributed by atoms with Crippen LogP contribution in [0.4, 0.5) is 22.0 Å². The lowest BCUT2D eigenvalue weighted by molar-refractivity contribution is 0.252. The first-order chi connectivity index (χ1) is 14.6. The van der Waals surface area contributed by atoms with Gasteiger partial charge in [0.2, 0.25) is 0 Å². The van der Waals surface area contributed by atoms with Gasteiger partial charge in [-0.2, -0.15) is 0 Å². The van der Waals surface area contributed by atoms with Crippen molar-refractivity contribution < 1.29 is 9.53 Å². The Morgan fingerprint density at radius 2 is 2.00 bits per heavy atom. The lowest BCUT2D eigenvalue weighted by Gasteiger charge is -2.26. The summed E-state index contributed by atoms with van der Waals surface area (Å²) in [7, 11) is 0. The number of carbonyl (C=O) groups excluding carboxylic acids is 1. The standard InChI is InChI=1S/C23H25N5O2/c1-15-7-8-21(30-14-17-10-18-5-3-4-6-19(18)25-12-17)20(9-15)27-23(29)28-22-13-24-16(2)11-26-22/h3-9,11,13,17,25H,10,12,14H2,1-2H3,(H2,26,27,28,29). The molecule has 0 aliphatic carbocycles. The van der Waals surface area contributed by atoms with E-state index >= 15 is 0 Å². The second-order valence-electron chi connectivity index (χ2n) is 7.54. The van der Waals surface area contributed by atoms with Crippen molar-refractivity contribution in [1.82, 2.24) is 9.97 Å². The van der Waals surface area contributed by atoms with Crippen molar-refractivity contribution >= 4 is 23.2 Å². The van der Waals surface area contributed by atoms with Crippen molar-refractivity contribution in [2.75, 3.05) is 29.1 Å². The van der Waals surface area contributed by atoms with Crippen molar-refractivity contribution in [3.63, 3.8) is 0 Å². The summed E-state index contributed by atoms with van der Waals surface area (Å²) in [5.74, 6) is 1.38. The molecule has 3 N–H and O–H groups in total. The molecule has 0 radical (unpaired) electrons. The molecule has 1 aliphatic rings. The van der Waals surface area contributed by atoms with Crippen LogP contribution >= 0.6 is 0 Å². The van der Waals surface area contributed by atoms with E-state index in [1.165, 1.54) is 17.4 Å². The number of ether oxygens (including phenoxy) is 1. The molecule has 0 spiro atoms. The predicted molar refractivity (Wildman–Crippen MR) is 118 cm³/mol. The van der Waals surface area contributed by atoms with Crippen molar-refractivity contribution in [3.8, 4) is 5.75 Å². The summed E-state index contributed by atoms with van der Waals surface area (Å²) in [6, 6.07) is 13.7. The second-order valence-corrected chi connectivity index (χ2v) is 7.54. The summed E-state index contributed by atoms with van der Waals surface area (Å²) in [5.41, 5.74) is 4.94. The van der Waals surface area contributed by atoms with Crippen LogP contribution in [-0.4, -0.2) is 29.2 Å². The third kappa shape index (κ3) is 4.86. The molecule has 1 atom stereocenters. The molecule has 1 aliphatic heterocycles. The summed E-state index contributed by atoms with van der Waals surface area (Å²) in [6.45, 7) is 5.23. The van der Waals surface area contributed by atoms with Gasteiger partial charge in [-0.1, -0.05) is 24.3 Å². The maximum absolute atomic E-state index is 12.4. The van der Waals surface area contributed by atoms with Crippen LogP contribution in [0.5, 0.6) is 5.75 Å². The zero-order valence-corrected chi connectivity index (χ0v) is 17.1. The molecule has 2 heterocycles. The van der Waals surface area contributed by atoms with Gasteiger partial charge in [-0.25, -0.2) is 9.78 Å². The molecular formula is C23H25N5O2. The number of aromatic nitrogens is 2. The highest BCUT2D eigenvalue weighted by atomic mass is 16.5. The zero-order chi connectivity index (χ0) is 20.9. The van der Waals surface area contributed by atoms with E-state index in [-0.39, 0.29) is 0 Å². The fourth-order valence-electron chi connectivity index (χ4n) is 3.43. The topological polar surface area (TPSA) is 88.2 Å². The van der Waals surface area contributed by atoms with Gasteiger partial charge in [0.05, 0.1) is 30.4 Å². The number of nitrogens with zero attached hydrogens (tertiary/aromatic N) is 2. The van der Waals surface area contributed by atoms with Crippen molar-refractivity contribution in [2.45, 2.75) is 20.3 Å². The number of hydrogen-bond acceptors (Lipinski definition) is 5. The number of aryl methyl sites for hydroxylation is 2. The Kier molecular flexibility index (Phi) is 5.79. The Morgan fingerprint density at radius 3 is 2.83 bits per heavy atom. The third-order valence-corrected chi connectivity index (χ3v) is 4.99. The molecule has 3 aromatic rings. The molecule has 154 valence electrons. The Balaban J connectivity index is 1.39. The molecular weight excluding hydrogens is 378 g/mol. The zero-order valence-electron chi connectivity index (χ0n) is 17.1. The van der Waals surface area contributed by atoms with E-state index in [4.69, 9.17) is 4.74 Å². The predicted octanol–water partition coefficient (Wildman–Crippen LogP) is 4.40. The summed E-state index contributed by atoms with van der Waals surface area (Å²) in [4.78, 5) is 20.7. The molecule has 30 heavy (non-hydrogen) atoms. The largest absolute Gasteiger partial charge is 0.491 e. The molecule has 0 saturated heterocycles. The monoisotopic (exact) mass is 403 g/mol. The van der Waals surface area contributed by atoms with Crippen LogP contribution in [-0.2, 0) is 6.42 Å². The first-order valence-electron chi connectivity index (χ1n) is 9.99. The molecule has 1 unspecified atom stereocenters. The van der Waals surface area contributed by atoms with Gasteiger partial charge < -0.3 is 15.4 Å². The van der Waals surface area contributed by atoms with E-state index in [0.717, 1.165) is 24.2 Å². The van der Waals surface area contributed by atoms with E-state index in [0.29, 0.717) is 29.8 Å². The number of nitrogens with one attached hydrogen (secondary N) is 3. The summed E-state index contributed by atoms with van der Waals surface area (Å²) in [6.07, 6.45) is 4.09. The molecule has 4 rings (SSSR count). The first kappa shape index (κ1) is 19.7. The Bertz CT molecular complexity index is 1040. The van der Waals surface area contributed by atoms with Gasteiger partial charge >= 0.3 is 6.03 Å². The lowest BCUT2D eigenvalue weighted by Crippen LogP contribution is -2.28. The number of para-hydroxylation sites is 1. The summed E-state index contributed by atoms with van der Waals surface area (Å²) >= 11 is 0. The van der Waals surface area contributed by atoms with Gasteiger partial charge in [-0.05, 0) is 49.6 Å². The van der Waals surface area contributed by atoms with Gasteiger partial charge in [-0.3, -0.25) is 10.3 Å². The van der Waals surface area contributed by atoms with Gasteiger partial charge in [-0.15, -0.1) is 0 Å². The molecule has 2 amide bonds. The smallest absolute Gasteiger partial charge is 0.324 e. The summed E-state index contributed by atoms with van der Waals surface area (Å²) < 4.78 is 6.10. The molecule has 7 heteroatoms. The maximum atomic E-state index is 12.4. The molecule has 2 aromatic carbocycles. The van der Waals surface area contributed by atoms with E-state index in [2.05, 4.69) is 44.1 Å². The number of amides is 2. The van der Waals surface area contributed by atoms with Crippen LogP contribution in [0, 0.1) is 19.8 Å². The van der Waals surface area contributed by atoms with Gasteiger partial charge in [0, 0.05) is 18.2 Å². The van der Waals surface area contributed by atoms with Gasteiger partial charge in [0.15, 0.2) is 5.82 Å². The van der Waals surface area contributed by atoms with Gasteiger partial charge in [0.1, 0.15) is 5.75 Å². The number of fused-ring (bicyclic) bond motifs is 1. The average molecular weight is 403 g/mol. The van der Waals surface area contributed by atoms with E-state index in [1.807, 2.05) is 38.1 Å². The maximum Gasteiger partial charge on any atom is 0.324 e. The molecule has 7 nitrogen and oxygen atoms in total. The molecule has 0 saturated carbocycles. The van der Waals surface area contributed by atoms with Gasteiger partial charge in [0.25, 0.3) is 0 Å². The Morgan fingerprint density at radius 1 is 1.13 bits per heavy atom. The number of carbonyl (C=O) groups is 1. The molecule has 0 fully saturated rings. The van der Waals surface area contributed by atoms with Crippen LogP contribution in [0.1, 0.15) is 16.8 Å². The van der Waals surface area contributed by atoms with Crippen LogP contribution in [0.25, 0.3) is 0 Å². The van der Waals surface area contributed by atoms with E-state index in [1.54, 1.807) is 6.20 Å². The van der Waals surface area contributed by atoms with Crippen LogP contribution in [0.3, 0.4) is 0 Å². The molecule has 0 bridgehead atoms. The minimum Gasteiger partial charge on any atom is -0.491 e. The SMILES string of the molecule is Cc1ccc(OCC2CNc3ccccc3C2)c(NC(=O)Nc2cnc(C)cn2)c1. The number of hydrogen-bond donors (Lipinski definition) is 3. The van der Waals surface area contributed by atoms with Crippen molar-refractivity contribution in [3.05, 3.63) is 71.7 Å². The minimum atomic E-state index is -0.392. The average Bonchev–Trinajstić information content (AvgIpc) is 2.74. The highest BCUT2D eigenvalue weighted by Crippen LogP contribution is 2.29. The van der Waals surface area contributed by atoms with Crippen molar-refractivity contribution in [2.24, 2.45) is 5.92 Å². The van der Waals surface area contributed by atoms with E-state index < -0.39 is 6.03 Å². The number of anilines is 3. The van der Waals surface area contributed by atoms with E-state index in [9.17, 15) is 4.79 Å². The highest BCUT2D eigenvalue weighted by molar-refractivity contribution is 6.00. The first-order valence-corrected chi connectivity index (χ1v) is 9.99. The van der Waals surface area contributed by atoms with Crippen LogP contribution in [0.2, 0.25) is 0 Å². The second kappa shape index (κ2) is 8.82. The number of rotatable bonds is 5. The minimum absolute atomic E-state index is 0.353. The van der Waals surface area contributed by atoms with Crippen LogP contribution in [0.15, 0.2) is 54.9 Å². The fraction of sp³-hybridized carbons (Fsp3) is 0.261. The third-order valence-electron chi connectivity index (χ3n) is 4.99. The van der Waals surface area contributed by atoms with Crippen molar-refractivity contribution in [1.29, 1.82) is 0 Å². The van der Waals surface area contributed by atoms with Crippen LogP contribution < -0.4 is 20.7 Å². The summed E-state index contributed by atoms with van der Waals surface area (Å²) in [5, 5.41) is 9.01. The Hall–Kier alpha value is -3.61. The molecule has 1 aromatic heterocycles. The fourth-order valence-corrected chi connectivity index (χ4v) is 3.43.